The Balaban J connectivity index is 1.92. The van der Waals surface area contributed by atoms with Gasteiger partial charge in [0.05, 0.1) is 11.7 Å². The summed E-state index contributed by atoms with van der Waals surface area (Å²) >= 11 is 1.12. The lowest BCUT2D eigenvalue weighted by atomic mass is 9.85. The van der Waals surface area contributed by atoms with Gasteiger partial charge < -0.3 is 10.4 Å². The molecule has 5 nitrogen and oxygen atoms in total. The molecule has 1 atom stereocenters. The lowest BCUT2D eigenvalue weighted by Crippen LogP contribution is -2.38. The van der Waals surface area contributed by atoms with Crippen LogP contribution in [-0.2, 0) is 11.2 Å². The first-order chi connectivity index (χ1) is 12.2. The maximum absolute atomic E-state index is 12.7. The highest BCUT2D eigenvalue weighted by Gasteiger charge is 2.29. The Hall–Kier alpha value is -2.21. The van der Waals surface area contributed by atoms with Crippen LogP contribution in [0.25, 0.3) is 0 Å². The summed E-state index contributed by atoms with van der Waals surface area (Å²) < 4.78 is 0. The first-order valence-corrected chi connectivity index (χ1v) is 9.58. The molecule has 2 aromatic rings. The molecule has 1 aromatic heterocycles. The van der Waals surface area contributed by atoms with Gasteiger partial charge in [-0.05, 0) is 38.7 Å². The number of carboxylic acid groups (broad SMARTS) is 1. The van der Waals surface area contributed by atoms with Crippen molar-refractivity contribution < 1.29 is 14.7 Å². The van der Waals surface area contributed by atoms with E-state index in [-0.39, 0.29) is 16.8 Å². The van der Waals surface area contributed by atoms with E-state index >= 15 is 0 Å². The molecule has 0 spiro atoms. The molecule has 2 rings (SSSR count). The fourth-order valence-electron chi connectivity index (χ4n) is 2.75. The molecule has 0 saturated heterocycles. The smallest absolute Gasteiger partial charge is 0.347 e. The number of nitrogens with one attached hydrogen (secondary N) is 1. The van der Waals surface area contributed by atoms with E-state index in [0.29, 0.717) is 10.7 Å². The first kappa shape index (κ1) is 20.1. The molecule has 6 heteroatoms. The van der Waals surface area contributed by atoms with Gasteiger partial charge in [0.1, 0.15) is 9.88 Å². The van der Waals surface area contributed by atoms with E-state index in [2.05, 4.69) is 22.4 Å². The molecule has 1 aromatic carbocycles. The number of thiazole rings is 1. The number of rotatable bonds is 8. The third-order valence-electron chi connectivity index (χ3n) is 4.45. The molecule has 26 heavy (non-hydrogen) atoms. The van der Waals surface area contributed by atoms with Crippen LogP contribution in [-0.4, -0.2) is 22.0 Å². The summed E-state index contributed by atoms with van der Waals surface area (Å²) in [5.41, 5.74) is 1.27. The second kappa shape index (κ2) is 8.45. The summed E-state index contributed by atoms with van der Waals surface area (Å²) in [7, 11) is 0. The molecule has 1 heterocycles. The Labute approximate surface area is 158 Å². The van der Waals surface area contributed by atoms with Gasteiger partial charge in [-0.1, -0.05) is 44.2 Å². The number of aryl methyl sites for hydroxylation is 2. The fourth-order valence-corrected chi connectivity index (χ4v) is 3.66. The molecule has 0 aliphatic carbocycles. The van der Waals surface area contributed by atoms with Crippen molar-refractivity contribution in [3.63, 3.8) is 0 Å². The number of carbonyl (C=O) groups excluding carboxylic acids is 1. The molecule has 2 N–H and O–H groups in total. The summed E-state index contributed by atoms with van der Waals surface area (Å²) in [5, 5.41) is 12.7. The topological polar surface area (TPSA) is 79.3 Å². The minimum atomic E-state index is -0.981. The van der Waals surface area contributed by atoms with Crippen molar-refractivity contribution in [1.82, 2.24) is 10.3 Å². The Morgan fingerprint density at radius 3 is 2.50 bits per heavy atom. The Morgan fingerprint density at radius 1 is 1.27 bits per heavy atom. The fraction of sp³-hybridized carbons (Fsp3) is 0.450. The molecule has 140 valence electrons. The molecule has 0 radical (unpaired) electrons. The van der Waals surface area contributed by atoms with Gasteiger partial charge >= 0.3 is 5.97 Å². The Morgan fingerprint density at radius 2 is 1.92 bits per heavy atom. The van der Waals surface area contributed by atoms with Crippen LogP contribution >= 0.6 is 11.3 Å². The van der Waals surface area contributed by atoms with E-state index in [9.17, 15) is 9.59 Å². The number of hydrogen-bond acceptors (Lipinski definition) is 4. The summed E-state index contributed by atoms with van der Waals surface area (Å²) in [6.45, 7) is 7.39. The minimum absolute atomic E-state index is 0.0391. The third kappa shape index (κ3) is 5.14. The molecule has 0 fully saturated rings. The van der Waals surface area contributed by atoms with Crippen molar-refractivity contribution >= 4 is 23.2 Å². The van der Waals surface area contributed by atoms with Crippen LogP contribution in [0.1, 0.15) is 65.6 Å². The van der Waals surface area contributed by atoms with E-state index in [1.54, 1.807) is 6.92 Å². The van der Waals surface area contributed by atoms with Gasteiger partial charge in [-0.15, -0.1) is 11.3 Å². The van der Waals surface area contributed by atoms with Crippen LogP contribution < -0.4 is 5.32 Å². The number of aromatic nitrogens is 1. The quantitative estimate of drug-likeness (QED) is 0.719. The molecule has 1 amide bonds. The average molecular weight is 375 g/mol. The van der Waals surface area contributed by atoms with Crippen molar-refractivity contribution in [3.05, 3.63) is 51.5 Å². The van der Waals surface area contributed by atoms with E-state index in [1.165, 1.54) is 5.56 Å². The number of hydrogen-bond donors (Lipinski definition) is 2. The zero-order chi connectivity index (χ0) is 19.3. The second-order valence-corrected chi connectivity index (χ2v) is 8.22. The number of benzene rings is 1. The highest BCUT2D eigenvalue weighted by Crippen LogP contribution is 2.27. The van der Waals surface area contributed by atoms with Gasteiger partial charge in [0, 0.05) is 5.41 Å². The van der Waals surface area contributed by atoms with Crippen molar-refractivity contribution in [1.29, 1.82) is 0 Å². The summed E-state index contributed by atoms with van der Waals surface area (Å²) in [6.07, 6.45) is 2.65. The number of aromatic carboxylic acids is 1. The van der Waals surface area contributed by atoms with Gasteiger partial charge in [-0.2, -0.15) is 0 Å². The Kier molecular flexibility index (Phi) is 6.53. The largest absolute Gasteiger partial charge is 0.477 e. The maximum atomic E-state index is 12.7. The molecule has 0 bridgehead atoms. The zero-order valence-corrected chi connectivity index (χ0v) is 16.5. The van der Waals surface area contributed by atoms with E-state index < -0.39 is 11.4 Å². The van der Waals surface area contributed by atoms with Crippen LogP contribution in [0.4, 0.5) is 0 Å². The highest BCUT2D eigenvalue weighted by molar-refractivity contribution is 7.13. The highest BCUT2D eigenvalue weighted by atomic mass is 32.1. The second-order valence-electron chi connectivity index (χ2n) is 7.19. The van der Waals surface area contributed by atoms with Crippen molar-refractivity contribution in [2.75, 3.05) is 0 Å². The molecule has 1 unspecified atom stereocenters. The third-order valence-corrected chi connectivity index (χ3v) is 5.78. The number of nitrogens with zero attached hydrogens (tertiary/aromatic N) is 1. The molecular weight excluding hydrogens is 348 g/mol. The van der Waals surface area contributed by atoms with E-state index in [1.807, 2.05) is 39.0 Å². The van der Waals surface area contributed by atoms with Crippen LogP contribution in [0, 0.1) is 12.3 Å². The standard InChI is InChI=1S/C20H26N2O3S/c1-13-16(18(23)24)26-17(21-13)14(2)22-19(25)20(3,4)12-8-11-15-9-6-5-7-10-15/h5-7,9-10,14H,8,11-12H2,1-4H3,(H,22,25)(H,23,24). The van der Waals surface area contributed by atoms with E-state index in [4.69, 9.17) is 5.11 Å². The number of amides is 1. The Bertz CT molecular complexity index is 769. The van der Waals surface area contributed by atoms with Crippen LogP contribution in [0.15, 0.2) is 30.3 Å². The monoisotopic (exact) mass is 374 g/mol. The SMILES string of the molecule is Cc1nc(C(C)NC(=O)C(C)(C)CCCc2ccccc2)sc1C(=O)O. The van der Waals surface area contributed by atoms with Crippen molar-refractivity contribution in [2.45, 2.75) is 53.0 Å². The van der Waals surface area contributed by atoms with Gasteiger partial charge in [-0.25, -0.2) is 9.78 Å². The van der Waals surface area contributed by atoms with Crippen molar-refractivity contribution in [2.24, 2.45) is 5.41 Å². The predicted molar refractivity (Wildman–Crippen MR) is 104 cm³/mol. The number of carboxylic acids is 1. The molecule has 0 saturated carbocycles. The van der Waals surface area contributed by atoms with Gasteiger partial charge in [0.2, 0.25) is 5.91 Å². The van der Waals surface area contributed by atoms with Gasteiger partial charge in [-0.3, -0.25) is 4.79 Å². The van der Waals surface area contributed by atoms with Crippen LogP contribution in [0.2, 0.25) is 0 Å². The van der Waals surface area contributed by atoms with Crippen LogP contribution in [0.3, 0.4) is 0 Å². The average Bonchev–Trinajstić information content (AvgIpc) is 2.98. The van der Waals surface area contributed by atoms with Crippen molar-refractivity contribution in [3.8, 4) is 0 Å². The first-order valence-electron chi connectivity index (χ1n) is 8.76. The minimum Gasteiger partial charge on any atom is -0.477 e. The molecule has 0 aliphatic heterocycles. The number of carbonyl (C=O) groups is 2. The summed E-state index contributed by atoms with van der Waals surface area (Å²) in [5.74, 6) is -1.02. The molecule has 0 aliphatic rings. The predicted octanol–water partition coefficient (Wildman–Crippen LogP) is 4.38. The lowest BCUT2D eigenvalue weighted by molar-refractivity contribution is -0.130. The normalized spacial score (nSPS) is 12.6. The summed E-state index contributed by atoms with van der Waals surface area (Å²) in [6, 6.07) is 9.93. The van der Waals surface area contributed by atoms with Gasteiger partial charge in [0.25, 0.3) is 0 Å². The van der Waals surface area contributed by atoms with Crippen LogP contribution in [0.5, 0.6) is 0 Å². The molecular formula is C20H26N2O3S. The zero-order valence-electron chi connectivity index (χ0n) is 15.7. The van der Waals surface area contributed by atoms with E-state index in [0.717, 1.165) is 30.6 Å². The maximum Gasteiger partial charge on any atom is 0.347 e. The lowest BCUT2D eigenvalue weighted by Gasteiger charge is -2.25. The summed E-state index contributed by atoms with van der Waals surface area (Å²) in [4.78, 5) is 28.3. The van der Waals surface area contributed by atoms with Gasteiger partial charge in [0.15, 0.2) is 0 Å².